The van der Waals surface area contributed by atoms with Crippen LogP contribution >= 0.6 is 0 Å². The number of rotatable bonds is 1. The minimum Gasteiger partial charge on any atom is -0.481 e. The minimum absolute atomic E-state index is 0.340. The zero-order chi connectivity index (χ0) is 13.7. The highest BCUT2D eigenvalue weighted by atomic mass is 16.4. The normalized spacial score (nSPS) is 18.6. The zero-order valence-electron chi connectivity index (χ0n) is 11.7. The Morgan fingerprint density at radius 1 is 1.32 bits per heavy atom. The number of fused-ring (bicyclic) bond motifs is 3. The Kier molecular flexibility index (Phi) is 2.66. The van der Waals surface area contributed by atoms with Gasteiger partial charge in [-0.3, -0.25) is 4.79 Å². The van der Waals surface area contributed by atoms with Crippen LogP contribution in [0.2, 0.25) is 0 Å². The van der Waals surface area contributed by atoms with Crippen molar-refractivity contribution in [2.75, 3.05) is 0 Å². The van der Waals surface area contributed by atoms with Gasteiger partial charge in [0.2, 0.25) is 0 Å². The standard InChI is InChI=1S/C16H19NO2/c1-9-7-8-10(2)15-13(9)14-11(16(18)19)5-4-6-12(14)17(15)3/h7-8,11H,4-6H2,1-3H3,(H,18,19). The lowest BCUT2D eigenvalue weighted by molar-refractivity contribution is -0.139. The molecule has 3 nitrogen and oxygen atoms in total. The van der Waals surface area contributed by atoms with E-state index in [-0.39, 0.29) is 5.92 Å². The average Bonchev–Trinajstić information content (AvgIpc) is 2.69. The number of carbonyl (C=O) groups is 1. The SMILES string of the molecule is Cc1ccc(C)c2c1c1c(n2C)CCCC1C(=O)O. The van der Waals surface area contributed by atoms with E-state index in [4.69, 9.17) is 0 Å². The summed E-state index contributed by atoms with van der Waals surface area (Å²) >= 11 is 0. The summed E-state index contributed by atoms with van der Waals surface area (Å²) in [5, 5.41) is 10.7. The summed E-state index contributed by atoms with van der Waals surface area (Å²) in [6.07, 6.45) is 2.71. The monoisotopic (exact) mass is 257 g/mol. The summed E-state index contributed by atoms with van der Waals surface area (Å²) in [5.41, 5.74) is 5.90. The van der Waals surface area contributed by atoms with Crippen LogP contribution in [0.15, 0.2) is 12.1 Å². The van der Waals surface area contributed by atoms with Gasteiger partial charge in [-0.1, -0.05) is 12.1 Å². The highest BCUT2D eigenvalue weighted by Crippen LogP contribution is 2.41. The van der Waals surface area contributed by atoms with Crippen LogP contribution in [-0.4, -0.2) is 15.6 Å². The molecule has 0 fully saturated rings. The molecule has 0 amide bonds. The fourth-order valence-corrected chi connectivity index (χ4v) is 3.57. The Bertz CT molecular complexity index is 682. The molecule has 0 radical (unpaired) electrons. The molecule has 19 heavy (non-hydrogen) atoms. The number of benzene rings is 1. The second-order valence-corrected chi connectivity index (χ2v) is 5.63. The van der Waals surface area contributed by atoms with Crippen molar-refractivity contribution in [1.82, 2.24) is 4.57 Å². The van der Waals surface area contributed by atoms with Gasteiger partial charge in [0.25, 0.3) is 0 Å². The molecule has 0 saturated heterocycles. The van der Waals surface area contributed by atoms with Gasteiger partial charge in [0.1, 0.15) is 0 Å². The van der Waals surface area contributed by atoms with Gasteiger partial charge in [-0.05, 0) is 49.8 Å². The van der Waals surface area contributed by atoms with Gasteiger partial charge in [0.05, 0.1) is 11.4 Å². The molecule has 1 unspecified atom stereocenters. The molecule has 0 spiro atoms. The molecular weight excluding hydrogens is 238 g/mol. The Labute approximate surface area is 112 Å². The first-order valence-corrected chi connectivity index (χ1v) is 6.82. The summed E-state index contributed by atoms with van der Waals surface area (Å²) in [6, 6.07) is 4.23. The first-order valence-electron chi connectivity index (χ1n) is 6.82. The fraction of sp³-hybridized carbons (Fsp3) is 0.438. The van der Waals surface area contributed by atoms with Crippen LogP contribution in [0, 0.1) is 13.8 Å². The molecule has 1 aromatic carbocycles. The third kappa shape index (κ3) is 1.61. The predicted molar refractivity (Wildman–Crippen MR) is 75.7 cm³/mol. The number of aryl methyl sites for hydroxylation is 3. The minimum atomic E-state index is -0.686. The number of hydrogen-bond donors (Lipinski definition) is 1. The van der Waals surface area contributed by atoms with Gasteiger partial charge >= 0.3 is 5.97 Å². The van der Waals surface area contributed by atoms with Crippen LogP contribution in [0.5, 0.6) is 0 Å². The van der Waals surface area contributed by atoms with Crippen molar-refractivity contribution in [2.24, 2.45) is 7.05 Å². The quantitative estimate of drug-likeness (QED) is 0.851. The molecule has 1 aromatic heterocycles. The topological polar surface area (TPSA) is 42.2 Å². The van der Waals surface area contributed by atoms with E-state index in [1.807, 2.05) is 0 Å². The number of hydrogen-bond acceptors (Lipinski definition) is 1. The maximum absolute atomic E-state index is 11.6. The average molecular weight is 257 g/mol. The third-order valence-electron chi connectivity index (χ3n) is 4.46. The molecule has 1 aliphatic carbocycles. The van der Waals surface area contributed by atoms with Gasteiger partial charge in [-0.25, -0.2) is 0 Å². The number of aromatic nitrogens is 1. The third-order valence-corrected chi connectivity index (χ3v) is 4.46. The predicted octanol–water partition coefficient (Wildman–Crippen LogP) is 3.30. The summed E-state index contributed by atoms with van der Waals surface area (Å²) in [6.45, 7) is 4.18. The van der Waals surface area contributed by atoms with Crippen LogP contribution in [0.4, 0.5) is 0 Å². The molecule has 1 heterocycles. The molecule has 3 heteroatoms. The lowest BCUT2D eigenvalue weighted by Crippen LogP contribution is -2.18. The van der Waals surface area contributed by atoms with Crippen LogP contribution in [0.1, 0.15) is 41.1 Å². The molecule has 2 aromatic rings. The highest BCUT2D eigenvalue weighted by Gasteiger charge is 2.32. The van der Waals surface area contributed by atoms with Crippen molar-refractivity contribution in [3.63, 3.8) is 0 Å². The second-order valence-electron chi connectivity index (χ2n) is 5.63. The smallest absolute Gasteiger partial charge is 0.311 e. The van der Waals surface area contributed by atoms with Crippen molar-refractivity contribution in [1.29, 1.82) is 0 Å². The van der Waals surface area contributed by atoms with Crippen molar-refractivity contribution < 1.29 is 9.90 Å². The second kappa shape index (κ2) is 4.12. The molecule has 0 aliphatic heterocycles. The van der Waals surface area contributed by atoms with Crippen LogP contribution in [0.3, 0.4) is 0 Å². The van der Waals surface area contributed by atoms with E-state index in [0.717, 1.165) is 24.8 Å². The lowest BCUT2D eigenvalue weighted by Gasteiger charge is -2.20. The van der Waals surface area contributed by atoms with E-state index in [1.165, 1.54) is 27.7 Å². The molecule has 0 bridgehead atoms. The number of carboxylic acid groups (broad SMARTS) is 1. The summed E-state index contributed by atoms with van der Waals surface area (Å²) in [5.74, 6) is -1.03. The molecule has 0 saturated carbocycles. The van der Waals surface area contributed by atoms with E-state index in [0.29, 0.717) is 0 Å². The molecule has 1 aliphatic rings. The lowest BCUT2D eigenvalue weighted by atomic mass is 9.84. The van der Waals surface area contributed by atoms with Crippen LogP contribution in [-0.2, 0) is 18.3 Å². The van der Waals surface area contributed by atoms with E-state index < -0.39 is 5.97 Å². The zero-order valence-corrected chi connectivity index (χ0v) is 11.7. The Hall–Kier alpha value is -1.77. The number of carboxylic acids is 1. The van der Waals surface area contributed by atoms with Crippen molar-refractivity contribution >= 4 is 16.9 Å². The van der Waals surface area contributed by atoms with Gasteiger partial charge < -0.3 is 9.67 Å². The van der Waals surface area contributed by atoms with Crippen LogP contribution < -0.4 is 0 Å². The van der Waals surface area contributed by atoms with Crippen molar-refractivity contribution in [3.05, 3.63) is 34.5 Å². The van der Waals surface area contributed by atoms with E-state index in [9.17, 15) is 9.90 Å². The van der Waals surface area contributed by atoms with Crippen LogP contribution in [0.25, 0.3) is 10.9 Å². The van der Waals surface area contributed by atoms with Gasteiger partial charge in [0.15, 0.2) is 0 Å². The van der Waals surface area contributed by atoms with Gasteiger partial charge in [-0.15, -0.1) is 0 Å². The fourth-order valence-electron chi connectivity index (χ4n) is 3.57. The highest BCUT2D eigenvalue weighted by molar-refractivity contribution is 5.95. The maximum atomic E-state index is 11.6. The first kappa shape index (κ1) is 12.3. The molecule has 100 valence electrons. The number of nitrogens with zero attached hydrogens (tertiary/aromatic N) is 1. The van der Waals surface area contributed by atoms with E-state index in [2.05, 4.69) is 37.6 Å². The Balaban J connectivity index is 2.45. The largest absolute Gasteiger partial charge is 0.481 e. The summed E-state index contributed by atoms with van der Waals surface area (Å²) in [7, 11) is 2.07. The van der Waals surface area contributed by atoms with E-state index >= 15 is 0 Å². The summed E-state index contributed by atoms with van der Waals surface area (Å²) in [4.78, 5) is 11.6. The van der Waals surface area contributed by atoms with Crippen molar-refractivity contribution in [3.8, 4) is 0 Å². The Morgan fingerprint density at radius 2 is 2.00 bits per heavy atom. The van der Waals surface area contributed by atoms with E-state index in [1.54, 1.807) is 0 Å². The molecule has 1 N–H and O–H groups in total. The maximum Gasteiger partial charge on any atom is 0.311 e. The number of aliphatic carboxylic acids is 1. The van der Waals surface area contributed by atoms with Crippen molar-refractivity contribution in [2.45, 2.75) is 39.0 Å². The summed E-state index contributed by atoms with van der Waals surface area (Å²) < 4.78 is 2.21. The molecule has 1 atom stereocenters. The van der Waals surface area contributed by atoms with Gasteiger partial charge in [-0.2, -0.15) is 0 Å². The van der Waals surface area contributed by atoms with Gasteiger partial charge in [0, 0.05) is 18.1 Å². The molecule has 3 rings (SSSR count). The molecular formula is C16H19NO2. The first-order chi connectivity index (χ1) is 9.02. The Morgan fingerprint density at radius 3 is 2.68 bits per heavy atom.